The molecule has 1 aromatic carbocycles. The summed E-state index contributed by atoms with van der Waals surface area (Å²) in [4.78, 5) is 26.7. The van der Waals surface area contributed by atoms with Gasteiger partial charge in [-0.3, -0.25) is 15.0 Å². The van der Waals surface area contributed by atoms with Crippen LogP contribution in [0.4, 0.5) is 0 Å². The fourth-order valence-corrected chi connectivity index (χ4v) is 4.24. The summed E-state index contributed by atoms with van der Waals surface area (Å²) in [5.74, 6) is 0.699. The van der Waals surface area contributed by atoms with Crippen LogP contribution < -0.4 is 16.2 Å². The smallest absolute Gasteiger partial charge is 0.229 e. The van der Waals surface area contributed by atoms with E-state index in [1.54, 1.807) is 6.92 Å². The summed E-state index contributed by atoms with van der Waals surface area (Å²) >= 11 is 0. The Hall–Kier alpha value is -1.92. The number of likely N-dealkylation sites (tertiary alicyclic amines) is 1. The number of benzene rings is 1. The zero-order chi connectivity index (χ0) is 18.8. The van der Waals surface area contributed by atoms with Gasteiger partial charge in [0.15, 0.2) is 0 Å². The molecule has 0 saturated carbocycles. The second-order valence-electron chi connectivity index (χ2n) is 7.98. The average molecular weight is 358 g/mol. The minimum absolute atomic E-state index is 0.0280. The molecule has 2 fully saturated rings. The van der Waals surface area contributed by atoms with Crippen molar-refractivity contribution in [1.29, 1.82) is 0 Å². The Morgan fingerprint density at radius 3 is 2.69 bits per heavy atom. The number of nitrogens with zero attached hydrogens (tertiary/aromatic N) is 1. The van der Waals surface area contributed by atoms with Crippen molar-refractivity contribution in [2.45, 2.75) is 39.8 Å². The van der Waals surface area contributed by atoms with E-state index >= 15 is 0 Å². The van der Waals surface area contributed by atoms with E-state index in [4.69, 9.17) is 0 Å². The molecular weight excluding hydrogens is 328 g/mol. The number of hydrogen-bond donors (Lipinski definition) is 3. The van der Waals surface area contributed by atoms with Gasteiger partial charge in [0.25, 0.3) is 0 Å². The van der Waals surface area contributed by atoms with Crippen LogP contribution in [0.2, 0.25) is 0 Å². The highest BCUT2D eigenvalue weighted by molar-refractivity contribution is 5.81. The molecule has 2 saturated heterocycles. The van der Waals surface area contributed by atoms with Crippen LogP contribution in [0.3, 0.4) is 0 Å². The van der Waals surface area contributed by atoms with E-state index in [9.17, 15) is 9.59 Å². The lowest BCUT2D eigenvalue weighted by Crippen LogP contribution is -2.42. The molecule has 26 heavy (non-hydrogen) atoms. The van der Waals surface area contributed by atoms with Gasteiger partial charge in [-0.05, 0) is 18.4 Å². The largest absolute Gasteiger partial charge is 0.351 e. The number of nitrogens with one attached hydrogen (secondary N) is 3. The van der Waals surface area contributed by atoms with Gasteiger partial charge in [0, 0.05) is 32.5 Å². The SMILES string of the molecule is CC(=O)N[C@@H]1CN(C(=O)C2CNNC2c2cccc(C)c2)C[C@H]1C(C)C. The molecule has 0 bridgehead atoms. The Labute approximate surface area is 155 Å². The highest BCUT2D eigenvalue weighted by Gasteiger charge is 2.42. The van der Waals surface area contributed by atoms with E-state index in [2.05, 4.69) is 55.1 Å². The molecule has 2 aliphatic heterocycles. The Morgan fingerprint density at radius 1 is 1.27 bits per heavy atom. The van der Waals surface area contributed by atoms with Gasteiger partial charge in [-0.25, -0.2) is 5.43 Å². The molecule has 2 amide bonds. The maximum Gasteiger partial charge on any atom is 0.229 e. The Kier molecular flexibility index (Phi) is 5.63. The van der Waals surface area contributed by atoms with Gasteiger partial charge in [0.05, 0.1) is 18.0 Å². The van der Waals surface area contributed by atoms with Crippen LogP contribution in [-0.2, 0) is 9.59 Å². The van der Waals surface area contributed by atoms with E-state index in [-0.39, 0.29) is 29.8 Å². The predicted octanol–water partition coefficient (Wildman–Crippen LogP) is 1.38. The molecular formula is C20H30N4O2. The first-order chi connectivity index (χ1) is 12.4. The molecule has 2 unspecified atom stereocenters. The normalized spacial score (nSPS) is 28.6. The van der Waals surface area contributed by atoms with Crippen LogP contribution in [0, 0.1) is 24.7 Å². The van der Waals surface area contributed by atoms with Crippen molar-refractivity contribution in [2.75, 3.05) is 19.6 Å². The molecule has 6 nitrogen and oxygen atoms in total. The molecule has 4 atom stereocenters. The summed E-state index contributed by atoms with van der Waals surface area (Å²) in [6, 6.07) is 8.30. The number of rotatable bonds is 4. The molecule has 3 N–H and O–H groups in total. The summed E-state index contributed by atoms with van der Waals surface area (Å²) in [6.07, 6.45) is 0. The number of aryl methyl sites for hydroxylation is 1. The number of hydrazine groups is 1. The molecule has 2 aliphatic rings. The van der Waals surface area contributed by atoms with Gasteiger partial charge < -0.3 is 10.2 Å². The van der Waals surface area contributed by atoms with Gasteiger partial charge in [0.1, 0.15) is 0 Å². The molecule has 2 heterocycles. The van der Waals surface area contributed by atoms with E-state index in [0.29, 0.717) is 31.5 Å². The highest BCUT2D eigenvalue weighted by atomic mass is 16.2. The van der Waals surface area contributed by atoms with Crippen molar-refractivity contribution >= 4 is 11.8 Å². The maximum atomic E-state index is 13.2. The zero-order valence-corrected chi connectivity index (χ0v) is 16.1. The fraction of sp³-hybridized carbons (Fsp3) is 0.600. The van der Waals surface area contributed by atoms with Crippen molar-refractivity contribution in [3.8, 4) is 0 Å². The predicted molar refractivity (Wildman–Crippen MR) is 101 cm³/mol. The van der Waals surface area contributed by atoms with Crippen LogP contribution >= 0.6 is 0 Å². The number of hydrogen-bond acceptors (Lipinski definition) is 4. The lowest BCUT2D eigenvalue weighted by Gasteiger charge is -2.24. The van der Waals surface area contributed by atoms with Crippen LogP contribution in [0.15, 0.2) is 24.3 Å². The summed E-state index contributed by atoms with van der Waals surface area (Å²) in [5.41, 5.74) is 8.74. The van der Waals surface area contributed by atoms with E-state index in [1.165, 1.54) is 5.56 Å². The first-order valence-electron chi connectivity index (χ1n) is 9.47. The van der Waals surface area contributed by atoms with Gasteiger partial charge in [-0.2, -0.15) is 0 Å². The number of carbonyl (C=O) groups excluding carboxylic acids is 2. The van der Waals surface area contributed by atoms with Crippen LogP contribution in [0.5, 0.6) is 0 Å². The second-order valence-corrected chi connectivity index (χ2v) is 7.98. The first-order valence-corrected chi connectivity index (χ1v) is 9.47. The Balaban J connectivity index is 1.74. The quantitative estimate of drug-likeness (QED) is 0.760. The zero-order valence-electron chi connectivity index (χ0n) is 16.1. The van der Waals surface area contributed by atoms with Crippen molar-refractivity contribution in [3.05, 3.63) is 35.4 Å². The number of carbonyl (C=O) groups is 2. The molecule has 0 aromatic heterocycles. The van der Waals surface area contributed by atoms with E-state index in [1.807, 2.05) is 11.0 Å². The van der Waals surface area contributed by atoms with Gasteiger partial charge in [0.2, 0.25) is 11.8 Å². The summed E-state index contributed by atoms with van der Waals surface area (Å²) in [6.45, 7) is 9.83. The first kappa shape index (κ1) is 18.9. The number of amides is 2. The molecule has 3 rings (SSSR count). The van der Waals surface area contributed by atoms with Crippen molar-refractivity contribution < 1.29 is 9.59 Å². The average Bonchev–Trinajstić information content (AvgIpc) is 3.20. The van der Waals surface area contributed by atoms with E-state index < -0.39 is 0 Å². The third-order valence-corrected chi connectivity index (χ3v) is 5.62. The van der Waals surface area contributed by atoms with Gasteiger partial charge in [-0.15, -0.1) is 0 Å². The third kappa shape index (κ3) is 3.91. The molecule has 0 aliphatic carbocycles. The van der Waals surface area contributed by atoms with Crippen LogP contribution in [-0.4, -0.2) is 42.4 Å². The maximum absolute atomic E-state index is 13.2. The summed E-state index contributed by atoms with van der Waals surface area (Å²) < 4.78 is 0. The topological polar surface area (TPSA) is 73.5 Å². The molecule has 6 heteroatoms. The van der Waals surface area contributed by atoms with Crippen molar-refractivity contribution in [2.24, 2.45) is 17.8 Å². The van der Waals surface area contributed by atoms with Crippen molar-refractivity contribution in [1.82, 2.24) is 21.1 Å². The Bertz CT molecular complexity index is 676. The fourth-order valence-electron chi connectivity index (χ4n) is 4.24. The van der Waals surface area contributed by atoms with Crippen LogP contribution in [0.1, 0.15) is 37.9 Å². The molecule has 0 radical (unpaired) electrons. The Morgan fingerprint density at radius 2 is 2.04 bits per heavy atom. The summed E-state index contributed by atoms with van der Waals surface area (Å²) in [5, 5.41) is 3.03. The van der Waals surface area contributed by atoms with Crippen molar-refractivity contribution in [3.63, 3.8) is 0 Å². The third-order valence-electron chi connectivity index (χ3n) is 5.62. The highest BCUT2D eigenvalue weighted by Crippen LogP contribution is 2.31. The summed E-state index contributed by atoms with van der Waals surface area (Å²) in [7, 11) is 0. The second kappa shape index (κ2) is 7.76. The standard InChI is InChI=1S/C20H30N4O2/c1-12(2)17-10-24(11-18(17)22-14(4)25)20(26)16-9-21-23-19(16)15-7-5-6-13(3)8-15/h5-8,12,16-19,21,23H,9-11H2,1-4H3,(H,22,25)/t16?,17-,18+,19?/m0/s1. The van der Waals surface area contributed by atoms with Crippen LogP contribution in [0.25, 0.3) is 0 Å². The minimum atomic E-state index is -0.138. The minimum Gasteiger partial charge on any atom is -0.351 e. The monoisotopic (exact) mass is 358 g/mol. The van der Waals surface area contributed by atoms with Gasteiger partial charge in [-0.1, -0.05) is 43.7 Å². The van der Waals surface area contributed by atoms with Gasteiger partial charge >= 0.3 is 0 Å². The molecule has 0 spiro atoms. The molecule has 1 aromatic rings. The lowest BCUT2D eigenvalue weighted by molar-refractivity contribution is -0.134. The lowest BCUT2D eigenvalue weighted by atomic mass is 9.91. The van der Waals surface area contributed by atoms with E-state index in [0.717, 1.165) is 5.56 Å². The molecule has 142 valence electrons.